The quantitative estimate of drug-likeness (QED) is 0.900. The maximum absolute atomic E-state index is 4.54. The predicted molar refractivity (Wildman–Crippen MR) is 81.3 cm³/mol. The van der Waals surface area contributed by atoms with E-state index in [0.29, 0.717) is 16.9 Å². The minimum Gasteiger partial charge on any atom is -0.307 e. The molecular weight excluding hydrogens is 252 g/mol. The number of rotatable bonds is 4. The van der Waals surface area contributed by atoms with E-state index in [9.17, 15) is 0 Å². The molecule has 2 nitrogen and oxygen atoms in total. The van der Waals surface area contributed by atoms with E-state index >= 15 is 0 Å². The summed E-state index contributed by atoms with van der Waals surface area (Å²) in [7, 11) is 0. The molecule has 0 saturated heterocycles. The molecule has 3 heteroatoms. The third-order valence-corrected chi connectivity index (χ3v) is 6.82. The zero-order valence-electron chi connectivity index (χ0n) is 12.6. The van der Waals surface area contributed by atoms with Gasteiger partial charge in [-0.05, 0) is 42.4 Å². The first-order chi connectivity index (χ1) is 8.95. The molecule has 0 aliphatic heterocycles. The van der Waals surface area contributed by atoms with E-state index in [4.69, 9.17) is 0 Å². The molecule has 1 N–H and O–H groups in total. The Bertz CT molecular complexity index is 460. The highest BCUT2D eigenvalue weighted by molar-refractivity contribution is 7.11. The third-order valence-electron chi connectivity index (χ3n) is 5.68. The number of thiazole rings is 1. The van der Waals surface area contributed by atoms with Crippen molar-refractivity contribution in [1.29, 1.82) is 0 Å². The molecule has 1 aromatic heterocycles. The van der Waals surface area contributed by atoms with Crippen LogP contribution in [-0.2, 0) is 13.0 Å². The van der Waals surface area contributed by atoms with Crippen molar-refractivity contribution >= 4 is 11.3 Å². The fraction of sp³-hybridized carbons (Fsp3) is 0.812. The van der Waals surface area contributed by atoms with Gasteiger partial charge < -0.3 is 5.32 Å². The summed E-state index contributed by atoms with van der Waals surface area (Å²) in [6.07, 6.45) is 7.38. The van der Waals surface area contributed by atoms with Crippen LogP contribution in [0.3, 0.4) is 0 Å². The van der Waals surface area contributed by atoms with Crippen molar-refractivity contribution in [2.24, 2.45) is 16.7 Å². The van der Waals surface area contributed by atoms with Crippen LogP contribution in [0.5, 0.6) is 0 Å². The number of hydrogen-bond acceptors (Lipinski definition) is 3. The van der Waals surface area contributed by atoms with Crippen LogP contribution in [0.25, 0.3) is 0 Å². The van der Waals surface area contributed by atoms with Gasteiger partial charge in [-0.3, -0.25) is 0 Å². The van der Waals surface area contributed by atoms with E-state index < -0.39 is 0 Å². The largest absolute Gasteiger partial charge is 0.307 e. The summed E-state index contributed by atoms with van der Waals surface area (Å²) in [5.41, 5.74) is 0.955. The Hall–Kier alpha value is -0.410. The SMILES string of the molecule is CCc1cnc(CNC2C3(C)CCC(C3)C2(C)C)s1. The minimum atomic E-state index is 0.442. The van der Waals surface area contributed by atoms with Crippen molar-refractivity contribution in [3.63, 3.8) is 0 Å². The van der Waals surface area contributed by atoms with Crippen LogP contribution in [0, 0.1) is 16.7 Å². The van der Waals surface area contributed by atoms with Gasteiger partial charge in [-0.1, -0.05) is 27.7 Å². The van der Waals surface area contributed by atoms with Crippen LogP contribution < -0.4 is 5.32 Å². The summed E-state index contributed by atoms with van der Waals surface area (Å²) in [4.78, 5) is 5.93. The average Bonchev–Trinajstić information content (AvgIpc) is 2.99. The molecule has 1 aromatic rings. The second-order valence-corrected chi connectivity index (χ2v) is 8.50. The molecular formula is C16H26N2S. The van der Waals surface area contributed by atoms with Crippen LogP contribution in [-0.4, -0.2) is 11.0 Å². The fourth-order valence-electron chi connectivity index (χ4n) is 4.59. The number of aryl methyl sites for hydroxylation is 1. The molecule has 19 heavy (non-hydrogen) atoms. The topological polar surface area (TPSA) is 24.9 Å². The fourth-order valence-corrected chi connectivity index (χ4v) is 5.41. The Morgan fingerprint density at radius 1 is 1.42 bits per heavy atom. The Kier molecular flexibility index (Phi) is 3.25. The van der Waals surface area contributed by atoms with Gasteiger partial charge in [0.15, 0.2) is 0 Å². The highest BCUT2D eigenvalue weighted by atomic mass is 32.1. The standard InChI is InChI=1S/C16H26N2S/c1-5-12-9-17-13(19-12)10-18-14-15(2,3)11-6-7-16(14,4)8-11/h9,11,14,18H,5-8,10H2,1-4H3. The van der Waals surface area contributed by atoms with E-state index in [2.05, 4.69) is 38.0 Å². The Labute approximate surface area is 121 Å². The summed E-state index contributed by atoms with van der Waals surface area (Å²) in [6, 6.07) is 0.646. The Balaban J connectivity index is 1.69. The lowest BCUT2D eigenvalue weighted by Gasteiger charge is -2.43. The molecule has 2 bridgehead atoms. The van der Waals surface area contributed by atoms with Crippen molar-refractivity contribution in [2.45, 2.75) is 66.0 Å². The summed E-state index contributed by atoms with van der Waals surface area (Å²) in [5.74, 6) is 0.914. The molecule has 2 aliphatic carbocycles. The van der Waals surface area contributed by atoms with Crippen LogP contribution in [0.2, 0.25) is 0 Å². The zero-order chi connectivity index (χ0) is 13.7. The van der Waals surface area contributed by atoms with Crippen LogP contribution in [0.4, 0.5) is 0 Å². The molecule has 0 amide bonds. The maximum Gasteiger partial charge on any atom is 0.107 e. The molecule has 2 aliphatic rings. The molecule has 0 spiro atoms. The molecule has 3 unspecified atom stereocenters. The first-order valence-electron chi connectivity index (χ1n) is 7.62. The first-order valence-corrected chi connectivity index (χ1v) is 8.44. The van der Waals surface area contributed by atoms with Gasteiger partial charge in [0.2, 0.25) is 0 Å². The molecule has 0 radical (unpaired) electrons. The van der Waals surface area contributed by atoms with Gasteiger partial charge >= 0.3 is 0 Å². The lowest BCUT2D eigenvalue weighted by molar-refractivity contribution is 0.108. The molecule has 0 aromatic carbocycles. The number of aromatic nitrogens is 1. The molecule has 3 atom stereocenters. The van der Waals surface area contributed by atoms with Crippen molar-refractivity contribution < 1.29 is 0 Å². The van der Waals surface area contributed by atoms with E-state index in [1.54, 1.807) is 0 Å². The van der Waals surface area contributed by atoms with Crippen molar-refractivity contribution in [1.82, 2.24) is 10.3 Å². The van der Waals surface area contributed by atoms with E-state index in [1.165, 1.54) is 29.1 Å². The van der Waals surface area contributed by atoms with Gasteiger partial charge in [-0.25, -0.2) is 4.98 Å². The lowest BCUT2D eigenvalue weighted by Crippen LogP contribution is -2.49. The minimum absolute atomic E-state index is 0.442. The van der Waals surface area contributed by atoms with Gasteiger partial charge in [0.05, 0.1) is 0 Å². The molecule has 1 heterocycles. The summed E-state index contributed by atoms with van der Waals surface area (Å²) in [6.45, 7) is 10.5. The van der Waals surface area contributed by atoms with Crippen molar-refractivity contribution in [2.75, 3.05) is 0 Å². The summed E-state index contributed by atoms with van der Waals surface area (Å²) < 4.78 is 0. The van der Waals surface area contributed by atoms with Gasteiger partial charge in [-0.15, -0.1) is 11.3 Å². The predicted octanol–water partition coefficient (Wildman–Crippen LogP) is 4.01. The number of fused-ring (bicyclic) bond motifs is 2. The third kappa shape index (κ3) is 2.15. The van der Waals surface area contributed by atoms with Gasteiger partial charge in [-0.2, -0.15) is 0 Å². The summed E-state index contributed by atoms with van der Waals surface area (Å²) in [5, 5.41) is 5.09. The number of hydrogen-bond donors (Lipinski definition) is 1. The van der Waals surface area contributed by atoms with Gasteiger partial charge in [0.25, 0.3) is 0 Å². The monoisotopic (exact) mass is 278 g/mol. The summed E-state index contributed by atoms with van der Waals surface area (Å²) >= 11 is 1.86. The molecule has 106 valence electrons. The Morgan fingerprint density at radius 3 is 2.79 bits per heavy atom. The molecule has 3 rings (SSSR count). The lowest BCUT2D eigenvalue weighted by atomic mass is 9.68. The highest BCUT2D eigenvalue weighted by Crippen LogP contribution is 2.62. The Morgan fingerprint density at radius 2 is 2.21 bits per heavy atom. The second kappa shape index (κ2) is 4.56. The highest BCUT2D eigenvalue weighted by Gasteiger charge is 2.58. The van der Waals surface area contributed by atoms with Crippen molar-refractivity contribution in [3.8, 4) is 0 Å². The molecule has 2 saturated carbocycles. The average molecular weight is 278 g/mol. The zero-order valence-corrected chi connectivity index (χ0v) is 13.4. The smallest absolute Gasteiger partial charge is 0.107 e. The number of nitrogens with zero attached hydrogens (tertiary/aromatic N) is 1. The van der Waals surface area contributed by atoms with Crippen molar-refractivity contribution in [3.05, 3.63) is 16.1 Å². The van der Waals surface area contributed by atoms with Crippen LogP contribution >= 0.6 is 11.3 Å². The maximum atomic E-state index is 4.54. The van der Waals surface area contributed by atoms with Crippen LogP contribution in [0.15, 0.2) is 6.20 Å². The normalized spacial score (nSPS) is 36.0. The van der Waals surface area contributed by atoms with Gasteiger partial charge in [0, 0.05) is 23.7 Å². The number of nitrogens with one attached hydrogen (secondary N) is 1. The van der Waals surface area contributed by atoms with E-state index in [0.717, 1.165) is 18.9 Å². The van der Waals surface area contributed by atoms with E-state index in [1.807, 2.05) is 17.5 Å². The van der Waals surface area contributed by atoms with Gasteiger partial charge in [0.1, 0.15) is 5.01 Å². The van der Waals surface area contributed by atoms with E-state index in [-0.39, 0.29) is 0 Å². The first kappa shape index (κ1) is 13.6. The molecule has 2 fully saturated rings. The second-order valence-electron chi connectivity index (χ2n) is 7.30. The van der Waals surface area contributed by atoms with Crippen LogP contribution in [0.1, 0.15) is 56.8 Å².